The van der Waals surface area contributed by atoms with Crippen LogP contribution in [-0.2, 0) is 12.7 Å². The number of halogens is 3. The Morgan fingerprint density at radius 2 is 1.92 bits per heavy atom. The zero-order valence-electron chi connectivity index (χ0n) is 20.2. The summed E-state index contributed by atoms with van der Waals surface area (Å²) in [6.45, 7) is 3.95. The number of hydrogen-bond acceptors (Lipinski definition) is 5. The molecule has 3 aromatic heterocycles. The van der Waals surface area contributed by atoms with Crippen LogP contribution < -0.4 is 4.90 Å². The quantitative estimate of drug-likeness (QED) is 0.311. The molecule has 0 saturated carbocycles. The van der Waals surface area contributed by atoms with E-state index in [1.165, 1.54) is 23.6 Å². The van der Waals surface area contributed by atoms with Crippen LogP contribution in [0.1, 0.15) is 39.3 Å². The summed E-state index contributed by atoms with van der Waals surface area (Å²) in [6, 6.07) is 16.0. The Bertz CT molecular complexity index is 1340. The number of pyridine rings is 1. The van der Waals surface area contributed by atoms with E-state index in [4.69, 9.17) is 5.10 Å². The molecule has 0 bridgehead atoms. The first kappa shape index (κ1) is 25.2. The maximum Gasteiger partial charge on any atom is 0.433 e. The van der Waals surface area contributed by atoms with Crippen LogP contribution in [0.4, 0.5) is 19.0 Å². The van der Waals surface area contributed by atoms with Gasteiger partial charge in [0.1, 0.15) is 5.69 Å². The Hall–Kier alpha value is -3.50. The zero-order valence-corrected chi connectivity index (χ0v) is 21.0. The number of aromatic nitrogens is 3. The van der Waals surface area contributed by atoms with Crippen molar-refractivity contribution in [3.63, 3.8) is 0 Å². The Labute approximate surface area is 217 Å². The first-order valence-corrected chi connectivity index (χ1v) is 12.9. The van der Waals surface area contributed by atoms with Crippen molar-refractivity contribution < 1.29 is 18.0 Å². The van der Waals surface area contributed by atoms with Crippen LogP contribution in [0.5, 0.6) is 0 Å². The molecule has 1 aliphatic heterocycles. The molecule has 1 aromatic carbocycles. The predicted octanol–water partition coefficient (Wildman–Crippen LogP) is 5.97. The van der Waals surface area contributed by atoms with E-state index < -0.39 is 11.9 Å². The zero-order chi connectivity index (χ0) is 26.0. The van der Waals surface area contributed by atoms with Crippen LogP contribution in [0.25, 0.3) is 5.69 Å². The van der Waals surface area contributed by atoms with Crippen LogP contribution >= 0.6 is 11.3 Å². The summed E-state index contributed by atoms with van der Waals surface area (Å²) in [6.07, 6.45) is 0.164. The molecule has 37 heavy (non-hydrogen) atoms. The van der Waals surface area contributed by atoms with Gasteiger partial charge in [0.15, 0.2) is 5.82 Å². The van der Waals surface area contributed by atoms with Crippen molar-refractivity contribution in [2.45, 2.75) is 38.5 Å². The number of thiophene rings is 1. The summed E-state index contributed by atoms with van der Waals surface area (Å²) in [5, 5.41) is 6.64. The van der Waals surface area contributed by atoms with Gasteiger partial charge in [-0.15, -0.1) is 16.4 Å². The molecule has 0 N–H and O–H groups in total. The summed E-state index contributed by atoms with van der Waals surface area (Å²) < 4.78 is 40.2. The minimum Gasteiger partial charge on any atom is -0.299 e. The van der Waals surface area contributed by atoms with E-state index in [9.17, 15) is 18.0 Å². The smallest absolute Gasteiger partial charge is 0.299 e. The van der Waals surface area contributed by atoms with Gasteiger partial charge >= 0.3 is 6.18 Å². The maximum absolute atomic E-state index is 13.6. The van der Waals surface area contributed by atoms with Gasteiger partial charge in [-0.25, -0.2) is 4.68 Å². The first-order valence-electron chi connectivity index (χ1n) is 12.0. The Balaban J connectivity index is 1.31. The normalized spacial score (nSPS) is 15.1. The molecule has 0 atom stereocenters. The van der Waals surface area contributed by atoms with Crippen molar-refractivity contribution in [3.8, 4) is 5.69 Å². The number of piperidine rings is 1. The third-order valence-electron chi connectivity index (χ3n) is 6.48. The van der Waals surface area contributed by atoms with Crippen LogP contribution in [0.15, 0.2) is 72.4 Å². The molecular weight excluding hydrogens is 499 g/mol. The van der Waals surface area contributed by atoms with E-state index in [1.807, 2.05) is 61.0 Å². The molecule has 4 heterocycles. The Morgan fingerprint density at radius 3 is 2.57 bits per heavy atom. The Kier molecular flexibility index (Phi) is 7.12. The molecule has 1 aliphatic rings. The Morgan fingerprint density at radius 1 is 1.11 bits per heavy atom. The second-order valence-electron chi connectivity index (χ2n) is 9.17. The average molecular weight is 526 g/mol. The van der Waals surface area contributed by atoms with E-state index >= 15 is 0 Å². The van der Waals surface area contributed by atoms with E-state index in [-0.39, 0.29) is 11.9 Å². The number of hydrogen-bond donors (Lipinski definition) is 0. The second kappa shape index (κ2) is 10.5. The lowest BCUT2D eigenvalue weighted by molar-refractivity contribution is -0.141. The standard InChI is InChI=1S/C27H26F3N5OS/c1-19-4-2-5-22(16-19)34-14-11-25(32-34)35(26(36)23-6-3-15-37-23)21-9-12-33(13-10-21)18-20-7-8-24(31-17-20)27(28,29)30/h2-8,11,14-17,21H,9-10,12-13,18H2,1H3. The molecule has 0 unspecified atom stereocenters. The van der Waals surface area contributed by atoms with Crippen molar-refractivity contribution in [3.05, 3.63) is 94.1 Å². The highest BCUT2D eigenvalue weighted by Gasteiger charge is 2.33. The van der Waals surface area contributed by atoms with E-state index in [0.29, 0.717) is 30.3 Å². The summed E-state index contributed by atoms with van der Waals surface area (Å²) in [5.74, 6) is 0.528. The fourth-order valence-corrected chi connectivity index (χ4v) is 5.27. The minimum atomic E-state index is -4.44. The largest absolute Gasteiger partial charge is 0.433 e. The van der Waals surface area contributed by atoms with Crippen LogP contribution in [0.2, 0.25) is 0 Å². The van der Waals surface area contributed by atoms with Crippen LogP contribution in [0, 0.1) is 6.92 Å². The third-order valence-corrected chi connectivity index (χ3v) is 7.34. The molecule has 1 saturated heterocycles. The van der Waals surface area contributed by atoms with Crippen molar-refractivity contribution in [1.29, 1.82) is 0 Å². The van der Waals surface area contributed by atoms with Crippen LogP contribution in [0.3, 0.4) is 0 Å². The number of benzene rings is 1. The minimum absolute atomic E-state index is 0.0440. The number of nitrogens with zero attached hydrogens (tertiary/aromatic N) is 5. The lowest BCUT2D eigenvalue weighted by atomic mass is 10.0. The van der Waals surface area contributed by atoms with Gasteiger partial charge in [0, 0.05) is 44.1 Å². The van der Waals surface area contributed by atoms with Crippen molar-refractivity contribution in [2.75, 3.05) is 18.0 Å². The molecule has 10 heteroatoms. The molecule has 4 aromatic rings. The number of amides is 1. The average Bonchev–Trinajstić information content (AvgIpc) is 3.58. The lowest BCUT2D eigenvalue weighted by Gasteiger charge is -2.37. The summed E-state index contributed by atoms with van der Waals surface area (Å²) in [5.41, 5.74) is 1.89. The summed E-state index contributed by atoms with van der Waals surface area (Å²) >= 11 is 1.41. The fourth-order valence-electron chi connectivity index (χ4n) is 4.61. The number of carbonyl (C=O) groups excluding carboxylic acids is 1. The number of aryl methyl sites for hydroxylation is 1. The number of carbonyl (C=O) groups is 1. The van der Waals surface area contributed by atoms with E-state index in [0.717, 1.165) is 35.7 Å². The van der Waals surface area contributed by atoms with E-state index in [2.05, 4.69) is 9.88 Å². The van der Waals surface area contributed by atoms with Gasteiger partial charge in [-0.1, -0.05) is 24.3 Å². The summed E-state index contributed by atoms with van der Waals surface area (Å²) in [7, 11) is 0. The molecule has 6 nitrogen and oxygen atoms in total. The van der Waals surface area contributed by atoms with Gasteiger partial charge in [0.25, 0.3) is 5.91 Å². The highest BCUT2D eigenvalue weighted by molar-refractivity contribution is 7.12. The highest BCUT2D eigenvalue weighted by Crippen LogP contribution is 2.29. The van der Waals surface area contributed by atoms with Crippen molar-refractivity contribution in [1.82, 2.24) is 19.7 Å². The van der Waals surface area contributed by atoms with Crippen molar-refractivity contribution in [2.24, 2.45) is 0 Å². The number of alkyl halides is 3. The van der Waals surface area contributed by atoms with Gasteiger partial charge in [0.05, 0.1) is 10.6 Å². The topological polar surface area (TPSA) is 54.3 Å². The third kappa shape index (κ3) is 5.75. The molecule has 1 fully saturated rings. The molecule has 0 radical (unpaired) electrons. The number of likely N-dealkylation sites (tertiary alicyclic amines) is 1. The predicted molar refractivity (Wildman–Crippen MR) is 137 cm³/mol. The second-order valence-corrected chi connectivity index (χ2v) is 10.1. The monoisotopic (exact) mass is 525 g/mol. The maximum atomic E-state index is 13.6. The molecular formula is C27H26F3N5OS. The van der Waals surface area contributed by atoms with E-state index in [1.54, 1.807) is 9.58 Å². The van der Waals surface area contributed by atoms with Gasteiger partial charge in [-0.2, -0.15) is 13.2 Å². The highest BCUT2D eigenvalue weighted by atomic mass is 32.1. The van der Waals surface area contributed by atoms with Gasteiger partial charge in [0.2, 0.25) is 0 Å². The first-order chi connectivity index (χ1) is 17.8. The lowest BCUT2D eigenvalue weighted by Crippen LogP contribution is -2.47. The van der Waals surface area contributed by atoms with Gasteiger partial charge < -0.3 is 0 Å². The molecule has 1 amide bonds. The molecule has 192 valence electrons. The van der Waals surface area contributed by atoms with Gasteiger partial charge in [-0.3, -0.25) is 19.6 Å². The molecule has 0 aliphatic carbocycles. The summed E-state index contributed by atoms with van der Waals surface area (Å²) in [4.78, 5) is 21.8. The van der Waals surface area contributed by atoms with Crippen molar-refractivity contribution >= 4 is 23.1 Å². The molecule has 0 spiro atoms. The fraction of sp³-hybridized carbons (Fsp3) is 0.296. The SMILES string of the molecule is Cc1cccc(-n2ccc(N(C(=O)c3cccs3)C3CCN(Cc4ccc(C(F)(F)F)nc4)CC3)n2)c1. The number of anilines is 1. The molecule has 5 rings (SSSR count). The van der Waals surface area contributed by atoms with Gasteiger partial charge in [-0.05, 0) is 60.5 Å². The van der Waals surface area contributed by atoms with Crippen LogP contribution in [-0.4, -0.2) is 44.7 Å². The number of rotatable bonds is 6.